The first kappa shape index (κ1) is 20.7. The first-order valence-corrected chi connectivity index (χ1v) is 10.8. The van der Waals surface area contributed by atoms with Crippen molar-refractivity contribution in [3.63, 3.8) is 0 Å². The zero-order chi connectivity index (χ0) is 21.6. The molecule has 4 aromatic rings. The van der Waals surface area contributed by atoms with E-state index in [1.54, 1.807) is 35.5 Å². The van der Waals surface area contributed by atoms with Crippen LogP contribution >= 0.6 is 22.9 Å². The number of aromatic nitrogens is 2. The van der Waals surface area contributed by atoms with E-state index < -0.39 is 0 Å². The summed E-state index contributed by atoms with van der Waals surface area (Å²) in [4.78, 5) is 23.7. The first-order valence-electron chi connectivity index (χ1n) is 9.53. The Labute approximate surface area is 189 Å². The molecule has 31 heavy (non-hydrogen) atoms. The van der Waals surface area contributed by atoms with Gasteiger partial charge >= 0.3 is 0 Å². The number of carbonyl (C=O) groups is 1. The summed E-state index contributed by atoms with van der Waals surface area (Å²) in [5.74, 6) is -0.161. The second kappa shape index (κ2) is 9.52. The summed E-state index contributed by atoms with van der Waals surface area (Å²) in [7, 11) is 0. The largest absolute Gasteiger partial charge is 0.306 e. The van der Waals surface area contributed by atoms with E-state index in [1.807, 2.05) is 47.8 Å². The van der Waals surface area contributed by atoms with Crippen LogP contribution in [0, 0.1) is 11.3 Å². The zero-order valence-electron chi connectivity index (χ0n) is 16.4. The van der Waals surface area contributed by atoms with E-state index in [0.29, 0.717) is 28.5 Å². The minimum atomic E-state index is -0.161. The molecule has 0 aliphatic heterocycles. The van der Waals surface area contributed by atoms with Gasteiger partial charge in [0.2, 0.25) is 5.91 Å². The van der Waals surface area contributed by atoms with Crippen LogP contribution in [0.2, 0.25) is 5.02 Å². The van der Waals surface area contributed by atoms with E-state index in [2.05, 4.69) is 16.0 Å². The van der Waals surface area contributed by atoms with E-state index in [0.717, 1.165) is 16.1 Å². The van der Waals surface area contributed by atoms with Crippen molar-refractivity contribution < 1.29 is 4.79 Å². The number of rotatable bonds is 6. The van der Waals surface area contributed by atoms with Crippen LogP contribution in [0.4, 0.5) is 5.69 Å². The van der Waals surface area contributed by atoms with Gasteiger partial charge in [0.05, 0.1) is 29.9 Å². The van der Waals surface area contributed by atoms with Crippen molar-refractivity contribution in [2.45, 2.75) is 13.0 Å². The number of hydrogen-bond acceptors (Lipinski definition) is 5. The Morgan fingerprint density at radius 3 is 2.71 bits per heavy atom. The molecule has 2 aromatic heterocycles. The molecule has 0 saturated heterocycles. The van der Waals surface area contributed by atoms with E-state index in [4.69, 9.17) is 11.6 Å². The molecule has 0 fully saturated rings. The summed E-state index contributed by atoms with van der Waals surface area (Å²) in [5.41, 5.74) is 3.42. The summed E-state index contributed by atoms with van der Waals surface area (Å²) in [5, 5.41) is 12.7. The Bertz CT molecular complexity index is 1240. The Morgan fingerprint density at radius 1 is 1.13 bits per heavy atom. The minimum Gasteiger partial charge on any atom is -0.306 e. The number of pyridine rings is 1. The monoisotopic (exact) mass is 444 g/mol. The second-order valence-corrected chi connectivity index (χ2v) is 8.10. The molecule has 0 radical (unpaired) electrons. The molecule has 0 aliphatic rings. The summed E-state index contributed by atoms with van der Waals surface area (Å²) < 4.78 is 0. The number of nitrogens with zero attached hydrogens (tertiary/aromatic N) is 4. The van der Waals surface area contributed by atoms with Crippen LogP contribution in [0.3, 0.4) is 0 Å². The van der Waals surface area contributed by atoms with Gasteiger partial charge in [-0.15, -0.1) is 11.3 Å². The molecule has 4 rings (SSSR count). The highest BCUT2D eigenvalue weighted by molar-refractivity contribution is 7.13. The van der Waals surface area contributed by atoms with Crippen LogP contribution in [0.15, 0.2) is 78.4 Å². The van der Waals surface area contributed by atoms with Gasteiger partial charge in [-0.25, -0.2) is 4.98 Å². The molecule has 1 amide bonds. The first-order chi connectivity index (χ1) is 15.1. The van der Waals surface area contributed by atoms with Gasteiger partial charge in [0.1, 0.15) is 11.1 Å². The number of thiazole rings is 1. The SMILES string of the molecule is N#Cc1ccc(Cl)cc1N(Cc1ccccc1)C(=O)Cc1csc(-c2cccnc2)n1. The van der Waals surface area contributed by atoms with Crippen molar-refractivity contribution in [2.24, 2.45) is 0 Å². The van der Waals surface area contributed by atoms with Gasteiger partial charge in [-0.1, -0.05) is 41.9 Å². The van der Waals surface area contributed by atoms with Crippen LogP contribution in [0.25, 0.3) is 10.6 Å². The average Bonchev–Trinajstić information content (AvgIpc) is 3.27. The zero-order valence-corrected chi connectivity index (χ0v) is 18.0. The predicted octanol–water partition coefficient (Wildman–Crippen LogP) is 5.51. The molecule has 2 heterocycles. The number of nitriles is 1. The van der Waals surface area contributed by atoms with E-state index >= 15 is 0 Å². The molecule has 0 spiro atoms. The van der Waals surface area contributed by atoms with Crippen LogP contribution < -0.4 is 4.90 Å². The van der Waals surface area contributed by atoms with Crippen molar-refractivity contribution in [1.82, 2.24) is 9.97 Å². The molecule has 0 atom stereocenters. The lowest BCUT2D eigenvalue weighted by Gasteiger charge is -2.24. The maximum atomic E-state index is 13.4. The van der Waals surface area contributed by atoms with Gasteiger partial charge < -0.3 is 4.90 Å². The Kier molecular flexibility index (Phi) is 6.37. The number of halogens is 1. The summed E-state index contributed by atoms with van der Waals surface area (Å²) in [6.07, 6.45) is 3.57. The summed E-state index contributed by atoms with van der Waals surface area (Å²) in [6, 6.07) is 20.5. The van der Waals surface area contributed by atoms with Gasteiger partial charge in [-0.3, -0.25) is 9.78 Å². The van der Waals surface area contributed by atoms with Gasteiger partial charge in [-0.2, -0.15) is 5.26 Å². The van der Waals surface area contributed by atoms with Crippen molar-refractivity contribution in [3.05, 3.63) is 100 Å². The fourth-order valence-corrected chi connectivity index (χ4v) is 4.13. The predicted molar refractivity (Wildman–Crippen MR) is 123 cm³/mol. The number of hydrogen-bond donors (Lipinski definition) is 0. The Hall–Kier alpha value is -3.53. The lowest BCUT2D eigenvalue weighted by Crippen LogP contribution is -2.32. The fraction of sp³-hybridized carbons (Fsp3) is 0.0833. The highest BCUT2D eigenvalue weighted by atomic mass is 35.5. The van der Waals surface area contributed by atoms with Gasteiger partial charge in [0, 0.05) is 28.4 Å². The van der Waals surface area contributed by atoms with Crippen LogP contribution in [0.1, 0.15) is 16.8 Å². The molecule has 0 N–H and O–H groups in total. The smallest absolute Gasteiger partial charge is 0.233 e. The van der Waals surface area contributed by atoms with Crippen LogP contribution in [-0.2, 0) is 17.8 Å². The molecule has 0 unspecified atom stereocenters. The fourth-order valence-electron chi connectivity index (χ4n) is 3.16. The topological polar surface area (TPSA) is 69.9 Å². The number of carbonyl (C=O) groups excluding carboxylic acids is 1. The van der Waals surface area contributed by atoms with Crippen LogP contribution in [0.5, 0.6) is 0 Å². The Morgan fingerprint density at radius 2 is 1.97 bits per heavy atom. The molecule has 152 valence electrons. The molecule has 0 aliphatic carbocycles. The maximum absolute atomic E-state index is 13.4. The van der Waals surface area contributed by atoms with E-state index in [9.17, 15) is 10.1 Å². The van der Waals surface area contributed by atoms with E-state index in [1.165, 1.54) is 11.3 Å². The highest BCUT2D eigenvalue weighted by Gasteiger charge is 2.21. The molecular formula is C24H17ClN4OS. The third-order valence-electron chi connectivity index (χ3n) is 4.65. The quantitative estimate of drug-likeness (QED) is 0.393. The third kappa shape index (κ3) is 4.97. The van der Waals surface area contributed by atoms with E-state index in [-0.39, 0.29) is 12.3 Å². The third-order valence-corrected chi connectivity index (χ3v) is 5.82. The standard InChI is InChI=1S/C24H17ClN4OS/c25-20-9-8-18(13-26)22(11-20)29(15-17-5-2-1-3-6-17)23(30)12-21-16-31-24(28-21)19-7-4-10-27-14-19/h1-11,14,16H,12,15H2. The minimum absolute atomic E-state index is 0.112. The molecule has 5 nitrogen and oxygen atoms in total. The maximum Gasteiger partial charge on any atom is 0.233 e. The van der Waals surface area contributed by atoms with Gasteiger partial charge in [0.15, 0.2) is 0 Å². The van der Waals surface area contributed by atoms with Crippen molar-refractivity contribution in [3.8, 4) is 16.6 Å². The lowest BCUT2D eigenvalue weighted by atomic mass is 10.1. The van der Waals surface area contributed by atoms with Crippen LogP contribution in [-0.4, -0.2) is 15.9 Å². The molecule has 0 bridgehead atoms. The summed E-state index contributed by atoms with van der Waals surface area (Å²) in [6.45, 7) is 0.328. The molecular weight excluding hydrogens is 428 g/mol. The lowest BCUT2D eigenvalue weighted by molar-refractivity contribution is -0.118. The van der Waals surface area contributed by atoms with Crippen molar-refractivity contribution in [1.29, 1.82) is 5.26 Å². The highest BCUT2D eigenvalue weighted by Crippen LogP contribution is 2.28. The second-order valence-electron chi connectivity index (χ2n) is 6.80. The summed E-state index contributed by atoms with van der Waals surface area (Å²) >= 11 is 7.66. The molecule has 0 saturated carbocycles. The number of amides is 1. The van der Waals surface area contributed by atoms with Gasteiger partial charge in [-0.05, 0) is 35.9 Å². The normalized spacial score (nSPS) is 10.5. The van der Waals surface area contributed by atoms with Crippen molar-refractivity contribution >= 4 is 34.5 Å². The van der Waals surface area contributed by atoms with Gasteiger partial charge in [0.25, 0.3) is 0 Å². The average molecular weight is 445 g/mol. The molecule has 2 aromatic carbocycles. The number of anilines is 1. The van der Waals surface area contributed by atoms with Crippen molar-refractivity contribution in [2.75, 3.05) is 4.90 Å². The molecule has 7 heteroatoms. The Balaban J connectivity index is 1.64. The number of benzene rings is 2.